The lowest BCUT2D eigenvalue weighted by molar-refractivity contribution is -0.107. The number of halogens is 1. The van der Waals surface area contributed by atoms with Gasteiger partial charge in [0, 0.05) is 0 Å². The highest BCUT2D eigenvalue weighted by Crippen LogP contribution is 1.80. The van der Waals surface area contributed by atoms with Crippen molar-refractivity contribution in [1.82, 2.24) is 0 Å². The van der Waals surface area contributed by atoms with E-state index < -0.39 is 5.24 Å². The van der Waals surface area contributed by atoms with Crippen LogP contribution in [-0.4, -0.2) is 5.24 Å². The van der Waals surface area contributed by atoms with Crippen LogP contribution in [-0.2, 0) is 4.79 Å². The summed E-state index contributed by atoms with van der Waals surface area (Å²) in [6.07, 6.45) is 4.20. The molecule has 0 bridgehead atoms. The number of carbonyl (C=O) groups is 1. The summed E-state index contributed by atoms with van der Waals surface area (Å²) in [5, 5.41) is -0.472. The lowest BCUT2D eigenvalue weighted by atomic mass is 10.5. The fourth-order valence-corrected chi connectivity index (χ4v) is 0.216. The van der Waals surface area contributed by atoms with Crippen molar-refractivity contribution in [2.24, 2.45) is 0 Å². The predicted octanol–water partition coefficient (Wildman–Crippen LogP) is 1.49. The van der Waals surface area contributed by atoms with Crippen molar-refractivity contribution >= 4 is 16.8 Å². The minimum atomic E-state index is -0.472. The number of carbonyl (C=O) groups excluding carboxylic acids is 1. The minimum absolute atomic E-state index is 0.472. The first-order valence-electron chi connectivity index (χ1n) is 1.76. The standard InChI is InChI=1S/C5H5ClO/c1-2-3-4-5(6)7/h2-4H,1H2. The average molecular weight is 117 g/mol. The van der Waals surface area contributed by atoms with Crippen LogP contribution in [0.4, 0.5) is 0 Å². The quantitative estimate of drug-likeness (QED) is 0.304. The highest BCUT2D eigenvalue weighted by Gasteiger charge is 1.78. The Balaban J connectivity index is 3.46. The van der Waals surface area contributed by atoms with E-state index in [4.69, 9.17) is 11.6 Å². The van der Waals surface area contributed by atoms with E-state index in [-0.39, 0.29) is 0 Å². The Labute approximate surface area is 47.3 Å². The van der Waals surface area contributed by atoms with E-state index in [0.717, 1.165) is 0 Å². The normalized spacial score (nSPS) is 9.29. The van der Waals surface area contributed by atoms with Crippen LogP contribution in [0.2, 0.25) is 0 Å². The van der Waals surface area contributed by atoms with Crippen LogP contribution in [0, 0.1) is 0 Å². The molecule has 0 N–H and O–H groups in total. The van der Waals surface area contributed by atoms with Crippen LogP contribution in [0.5, 0.6) is 0 Å². The molecule has 0 amide bonds. The molecule has 38 valence electrons. The van der Waals surface area contributed by atoms with Gasteiger partial charge in [-0.25, -0.2) is 0 Å². The maximum absolute atomic E-state index is 9.83. The van der Waals surface area contributed by atoms with Crippen molar-refractivity contribution in [2.45, 2.75) is 0 Å². The summed E-state index contributed by atoms with van der Waals surface area (Å²) >= 11 is 4.88. The van der Waals surface area contributed by atoms with Crippen LogP contribution in [0.15, 0.2) is 24.8 Å². The third kappa shape index (κ3) is 5.44. The molecule has 0 radical (unpaired) electrons. The Morgan fingerprint density at radius 1 is 1.71 bits per heavy atom. The third-order valence-corrected chi connectivity index (χ3v) is 0.489. The van der Waals surface area contributed by atoms with Crippen molar-refractivity contribution in [3.63, 3.8) is 0 Å². The highest BCUT2D eigenvalue weighted by atomic mass is 35.5. The predicted molar refractivity (Wildman–Crippen MR) is 30.2 cm³/mol. The monoisotopic (exact) mass is 116 g/mol. The maximum atomic E-state index is 9.83. The first-order chi connectivity index (χ1) is 3.27. The second-order valence-electron chi connectivity index (χ2n) is 0.899. The summed E-state index contributed by atoms with van der Waals surface area (Å²) in [5.41, 5.74) is 0. The zero-order valence-electron chi connectivity index (χ0n) is 3.73. The van der Waals surface area contributed by atoms with Gasteiger partial charge in [0.1, 0.15) is 0 Å². The Bertz CT molecular complexity index is 105. The van der Waals surface area contributed by atoms with Crippen LogP contribution in [0.25, 0.3) is 0 Å². The van der Waals surface area contributed by atoms with Crippen molar-refractivity contribution in [3.8, 4) is 0 Å². The summed E-state index contributed by atoms with van der Waals surface area (Å²) in [4.78, 5) is 9.83. The smallest absolute Gasteiger partial charge is 0.245 e. The number of allylic oxidation sites excluding steroid dienone is 3. The van der Waals surface area contributed by atoms with Gasteiger partial charge in [0.05, 0.1) is 0 Å². The van der Waals surface area contributed by atoms with Gasteiger partial charge < -0.3 is 0 Å². The summed E-state index contributed by atoms with van der Waals surface area (Å²) in [6, 6.07) is 0. The third-order valence-electron chi connectivity index (χ3n) is 0.363. The van der Waals surface area contributed by atoms with Gasteiger partial charge in [-0.05, 0) is 17.7 Å². The van der Waals surface area contributed by atoms with Crippen LogP contribution in [0.1, 0.15) is 0 Å². The summed E-state index contributed by atoms with van der Waals surface area (Å²) in [7, 11) is 0. The fraction of sp³-hybridized carbons (Fsp3) is 0. The lowest BCUT2D eigenvalue weighted by Gasteiger charge is -1.67. The molecule has 0 heterocycles. The molecule has 0 aromatic carbocycles. The molecule has 1 nitrogen and oxygen atoms in total. The molecular weight excluding hydrogens is 112 g/mol. The Hall–Kier alpha value is -0.560. The van der Waals surface area contributed by atoms with E-state index in [2.05, 4.69) is 6.58 Å². The second-order valence-corrected chi connectivity index (χ2v) is 1.27. The van der Waals surface area contributed by atoms with Crippen LogP contribution >= 0.6 is 11.6 Å². The summed E-state index contributed by atoms with van der Waals surface area (Å²) in [5.74, 6) is 0. The van der Waals surface area contributed by atoms with E-state index in [1.807, 2.05) is 0 Å². The number of hydrogen-bond acceptors (Lipinski definition) is 1. The van der Waals surface area contributed by atoms with Crippen molar-refractivity contribution < 1.29 is 4.79 Å². The zero-order valence-corrected chi connectivity index (χ0v) is 4.48. The molecule has 0 spiro atoms. The molecule has 0 rings (SSSR count). The largest absolute Gasteiger partial charge is 0.276 e. The van der Waals surface area contributed by atoms with Crippen LogP contribution < -0.4 is 0 Å². The van der Waals surface area contributed by atoms with Gasteiger partial charge >= 0.3 is 0 Å². The molecule has 0 aliphatic rings. The number of hydrogen-bond donors (Lipinski definition) is 0. The summed E-state index contributed by atoms with van der Waals surface area (Å²) in [6.45, 7) is 3.33. The van der Waals surface area contributed by atoms with Gasteiger partial charge in [-0.1, -0.05) is 18.7 Å². The van der Waals surface area contributed by atoms with Crippen LogP contribution in [0.3, 0.4) is 0 Å². The van der Waals surface area contributed by atoms with Gasteiger partial charge in [-0.3, -0.25) is 4.79 Å². The molecular formula is C5H5ClO. The van der Waals surface area contributed by atoms with E-state index in [0.29, 0.717) is 0 Å². The Kier molecular flexibility index (Phi) is 3.33. The van der Waals surface area contributed by atoms with Gasteiger partial charge in [0.25, 0.3) is 0 Å². The Morgan fingerprint density at radius 2 is 2.29 bits per heavy atom. The van der Waals surface area contributed by atoms with Crippen molar-refractivity contribution in [3.05, 3.63) is 24.8 Å². The topological polar surface area (TPSA) is 17.1 Å². The maximum Gasteiger partial charge on any atom is 0.245 e. The van der Waals surface area contributed by atoms with Gasteiger partial charge in [-0.2, -0.15) is 0 Å². The lowest BCUT2D eigenvalue weighted by Crippen LogP contribution is -1.70. The van der Waals surface area contributed by atoms with E-state index >= 15 is 0 Å². The molecule has 0 aromatic rings. The molecule has 2 heteroatoms. The number of rotatable bonds is 2. The highest BCUT2D eigenvalue weighted by molar-refractivity contribution is 6.66. The molecule has 0 fully saturated rings. The van der Waals surface area contributed by atoms with E-state index in [1.165, 1.54) is 18.2 Å². The van der Waals surface area contributed by atoms with E-state index in [9.17, 15) is 4.79 Å². The van der Waals surface area contributed by atoms with E-state index in [1.54, 1.807) is 0 Å². The fourth-order valence-electron chi connectivity index (χ4n) is 0.144. The van der Waals surface area contributed by atoms with Gasteiger partial charge in [0.15, 0.2) is 0 Å². The molecule has 0 aliphatic carbocycles. The summed E-state index contributed by atoms with van der Waals surface area (Å²) < 4.78 is 0. The van der Waals surface area contributed by atoms with Crippen molar-refractivity contribution in [2.75, 3.05) is 0 Å². The molecule has 7 heavy (non-hydrogen) atoms. The van der Waals surface area contributed by atoms with Gasteiger partial charge in [0.2, 0.25) is 5.24 Å². The molecule has 0 aliphatic heterocycles. The Morgan fingerprint density at radius 3 is 2.43 bits per heavy atom. The van der Waals surface area contributed by atoms with Gasteiger partial charge in [-0.15, -0.1) is 0 Å². The molecule has 0 saturated heterocycles. The first-order valence-corrected chi connectivity index (χ1v) is 2.13. The SMILES string of the molecule is C=CC=CC(=O)Cl. The molecule has 0 aromatic heterocycles. The zero-order chi connectivity index (χ0) is 5.70. The minimum Gasteiger partial charge on any atom is -0.276 e. The first kappa shape index (κ1) is 6.44. The molecule has 0 atom stereocenters. The second kappa shape index (κ2) is 3.62. The molecule has 0 unspecified atom stereocenters. The van der Waals surface area contributed by atoms with Crippen molar-refractivity contribution in [1.29, 1.82) is 0 Å². The molecule has 0 saturated carbocycles. The average Bonchev–Trinajstić information content (AvgIpc) is 1.61.